The monoisotopic (exact) mass is 493 g/mol. The number of rotatable bonds is 5. The van der Waals surface area contributed by atoms with Gasteiger partial charge in [0.05, 0.1) is 23.4 Å². The number of nitrogens with zero attached hydrogens (tertiary/aromatic N) is 1. The Morgan fingerprint density at radius 2 is 1.86 bits per heavy atom. The van der Waals surface area contributed by atoms with Crippen molar-refractivity contribution in [1.29, 1.82) is 0 Å². The highest BCUT2D eigenvalue weighted by atomic mass is 19.2. The van der Waals surface area contributed by atoms with Crippen LogP contribution < -0.4 is 20.1 Å². The van der Waals surface area contributed by atoms with Gasteiger partial charge in [0.2, 0.25) is 18.9 Å². The van der Waals surface area contributed by atoms with Crippen molar-refractivity contribution in [2.75, 3.05) is 12.1 Å². The molecule has 0 spiro atoms. The lowest BCUT2D eigenvalue weighted by Crippen LogP contribution is -2.45. The van der Waals surface area contributed by atoms with Gasteiger partial charge in [0, 0.05) is 11.1 Å². The van der Waals surface area contributed by atoms with Crippen LogP contribution in [0.3, 0.4) is 0 Å². The molecule has 10 heteroatoms. The van der Waals surface area contributed by atoms with E-state index in [9.17, 15) is 23.5 Å². The van der Waals surface area contributed by atoms with E-state index in [-0.39, 0.29) is 12.4 Å². The number of carbonyl (C=O) groups is 2. The Labute approximate surface area is 204 Å². The van der Waals surface area contributed by atoms with Crippen molar-refractivity contribution in [1.82, 2.24) is 5.32 Å². The van der Waals surface area contributed by atoms with Gasteiger partial charge in [0.1, 0.15) is 0 Å². The van der Waals surface area contributed by atoms with E-state index in [4.69, 9.17) is 9.47 Å². The number of hydrogen-bond donors (Lipinski definition) is 3. The first-order valence-electron chi connectivity index (χ1n) is 11.1. The lowest BCUT2D eigenvalue weighted by molar-refractivity contribution is -0.131. The molecule has 3 aromatic carbocycles. The zero-order valence-corrected chi connectivity index (χ0v) is 19.0. The highest BCUT2D eigenvalue weighted by Crippen LogP contribution is 2.34. The lowest BCUT2D eigenvalue weighted by atomic mass is 9.96. The highest BCUT2D eigenvalue weighted by molar-refractivity contribution is 6.20. The number of amides is 2. The molecule has 0 aromatic heterocycles. The number of benzodiazepines with no additional fused rings is 1. The molecule has 2 heterocycles. The highest BCUT2D eigenvalue weighted by Gasteiger charge is 2.31. The van der Waals surface area contributed by atoms with Gasteiger partial charge in [0.15, 0.2) is 23.1 Å². The van der Waals surface area contributed by atoms with Crippen LogP contribution in [0.2, 0.25) is 0 Å². The van der Waals surface area contributed by atoms with Crippen molar-refractivity contribution in [3.8, 4) is 11.5 Å². The zero-order valence-electron chi connectivity index (χ0n) is 19.0. The van der Waals surface area contributed by atoms with E-state index < -0.39 is 41.6 Å². The first kappa shape index (κ1) is 23.4. The third-order valence-electron chi connectivity index (χ3n) is 6.04. The average Bonchev–Trinajstić information content (AvgIpc) is 3.30. The number of anilines is 1. The summed E-state index contributed by atoms with van der Waals surface area (Å²) in [5.74, 6) is -3.48. The number of para-hydroxylation sites is 1. The van der Waals surface area contributed by atoms with Gasteiger partial charge in [-0.15, -0.1) is 0 Å². The van der Waals surface area contributed by atoms with Crippen molar-refractivity contribution >= 4 is 23.2 Å². The van der Waals surface area contributed by atoms with Crippen LogP contribution in [0, 0.1) is 17.6 Å². The summed E-state index contributed by atoms with van der Waals surface area (Å²) >= 11 is 0. The number of ether oxygens (including phenoxy) is 2. The SMILES string of the molecule is CC(C(=O)NC1N=C(c2ccc3c(c2)OCO3)c2ccccc2NC1=O)C(O)c1ccc(F)c(F)c1. The number of aliphatic hydroxyl groups excluding tert-OH is 1. The molecule has 3 N–H and O–H groups in total. The van der Waals surface area contributed by atoms with Crippen molar-refractivity contribution in [3.63, 3.8) is 0 Å². The molecule has 0 saturated carbocycles. The molecule has 36 heavy (non-hydrogen) atoms. The van der Waals surface area contributed by atoms with Crippen LogP contribution in [0.25, 0.3) is 0 Å². The van der Waals surface area contributed by atoms with E-state index >= 15 is 0 Å². The molecule has 0 aliphatic carbocycles. The molecule has 2 aliphatic rings. The number of aliphatic imine (C=N–C) groups is 1. The number of halogens is 2. The Morgan fingerprint density at radius 1 is 1.08 bits per heavy atom. The number of aliphatic hydroxyl groups is 1. The van der Waals surface area contributed by atoms with E-state index in [0.717, 1.165) is 12.1 Å². The Morgan fingerprint density at radius 3 is 2.67 bits per heavy atom. The quantitative estimate of drug-likeness (QED) is 0.506. The Balaban J connectivity index is 1.45. The minimum absolute atomic E-state index is 0.0267. The van der Waals surface area contributed by atoms with Crippen LogP contribution in [-0.4, -0.2) is 35.6 Å². The zero-order chi connectivity index (χ0) is 25.4. The molecule has 0 bridgehead atoms. The molecule has 3 unspecified atom stereocenters. The molecule has 3 atom stereocenters. The third-order valence-corrected chi connectivity index (χ3v) is 6.04. The lowest BCUT2D eigenvalue weighted by Gasteiger charge is -2.21. The third kappa shape index (κ3) is 4.38. The van der Waals surface area contributed by atoms with E-state index in [1.54, 1.807) is 42.5 Å². The Hall–Kier alpha value is -4.31. The van der Waals surface area contributed by atoms with Gasteiger partial charge >= 0.3 is 0 Å². The van der Waals surface area contributed by atoms with Crippen molar-refractivity contribution in [2.45, 2.75) is 19.2 Å². The van der Waals surface area contributed by atoms with Gasteiger partial charge in [-0.2, -0.15) is 0 Å². The van der Waals surface area contributed by atoms with Crippen LogP contribution in [-0.2, 0) is 9.59 Å². The van der Waals surface area contributed by atoms with Gasteiger partial charge in [0.25, 0.3) is 5.91 Å². The largest absolute Gasteiger partial charge is 0.454 e. The maximum atomic E-state index is 13.6. The minimum Gasteiger partial charge on any atom is -0.454 e. The van der Waals surface area contributed by atoms with Gasteiger partial charge < -0.3 is 25.2 Å². The van der Waals surface area contributed by atoms with Gasteiger partial charge in [-0.3, -0.25) is 9.59 Å². The second kappa shape index (κ2) is 9.38. The van der Waals surface area contributed by atoms with Crippen molar-refractivity contribution in [3.05, 3.63) is 89.0 Å². The summed E-state index contributed by atoms with van der Waals surface area (Å²) in [6.07, 6.45) is -2.77. The molecular formula is C26H21F2N3O5. The second-order valence-corrected chi connectivity index (χ2v) is 8.40. The molecule has 2 aliphatic heterocycles. The van der Waals surface area contributed by atoms with Crippen molar-refractivity contribution < 1.29 is 33.0 Å². The van der Waals surface area contributed by atoms with Gasteiger partial charge in [-0.1, -0.05) is 31.2 Å². The maximum Gasteiger partial charge on any atom is 0.269 e. The summed E-state index contributed by atoms with van der Waals surface area (Å²) in [5, 5.41) is 15.9. The smallest absolute Gasteiger partial charge is 0.269 e. The number of nitrogens with one attached hydrogen (secondary N) is 2. The number of carbonyl (C=O) groups excluding carboxylic acids is 2. The van der Waals surface area contributed by atoms with Crippen LogP contribution in [0.5, 0.6) is 11.5 Å². The molecule has 2 amide bonds. The summed E-state index contributed by atoms with van der Waals surface area (Å²) in [4.78, 5) is 30.5. The van der Waals surface area contributed by atoms with E-state index in [1.165, 1.54) is 13.0 Å². The van der Waals surface area contributed by atoms with E-state index in [2.05, 4.69) is 15.6 Å². The summed E-state index contributed by atoms with van der Waals surface area (Å²) < 4.78 is 37.7. The van der Waals surface area contributed by atoms with Crippen LogP contribution in [0.15, 0.2) is 65.7 Å². The average molecular weight is 493 g/mol. The normalized spacial score (nSPS) is 17.8. The molecule has 3 aromatic rings. The van der Waals surface area contributed by atoms with Gasteiger partial charge in [-0.05, 0) is 42.0 Å². The fraction of sp³-hybridized carbons (Fsp3) is 0.192. The Kier molecular flexibility index (Phi) is 6.11. The van der Waals surface area contributed by atoms with E-state index in [0.29, 0.717) is 34.0 Å². The minimum atomic E-state index is -1.44. The first-order valence-corrected chi connectivity index (χ1v) is 11.1. The number of fused-ring (bicyclic) bond motifs is 2. The molecule has 184 valence electrons. The first-order chi connectivity index (χ1) is 17.3. The summed E-state index contributed by atoms with van der Waals surface area (Å²) in [6, 6.07) is 15.2. The molecule has 5 rings (SSSR count). The molecule has 0 radical (unpaired) electrons. The molecule has 0 fully saturated rings. The van der Waals surface area contributed by atoms with Crippen LogP contribution >= 0.6 is 0 Å². The van der Waals surface area contributed by atoms with Crippen LogP contribution in [0.4, 0.5) is 14.5 Å². The topological polar surface area (TPSA) is 109 Å². The summed E-state index contributed by atoms with van der Waals surface area (Å²) in [7, 11) is 0. The molecular weight excluding hydrogens is 472 g/mol. The predicted octanol–water partition coefficient (Wildman–Crippen LogP) is 3.30. The number of benzene rings is 3. The molecule has 0 saturated heterocycles. The van der Waals surface area contributed by atoms with E-state index in [1.807, 2.05) is 0 Å². The van der Waals surface area contributed by atoms with Gasteiger partial charge in [-0.25, -0.2) is 13.8 Å². The fourth-order valence-corrected chi connectivity index (χ4v) is 4.02. The predicted molar refractivity (Wildman–Crippen MR) is 126 cm³/mol. The number of hydrogen-bond acceptors (Lipinski definition) is 6. The maximum absolute atomic E-state index is 13.6. The molecule has 8 nitrogen and oxygen atoms in total. The summed E-state index contributed by atoms with van der Waals surface area (Å²) in [6.45, 7) is 1.51. The van der Waals surface area contributed by atoms with Crippen molar-refractivity contribution in [2.24, 2.45) is 10.9 Å². The standard InChI is InChI=1S/C26H21F2N3O5/c1-13(23(32)15-6-8-17(27)18(28)10-15)25(33)31-24-26(34)29-19-5-3-2-4-16(19)22(30-24)14-7-9-20-21(11-14)36-12-35-20/h2-11,13,23-24,32H,12H2,1H3,(H,29,34)(H,31,33). The van der Waals surface area contributed by atoms with Crippen LogP contribution in [0.1, 0.15) is 29.7 Å². The fourth-order valence-electron chi connectivity index (χ4n) is 4.02. The summed E-state index contributed by atoms with van der Waals surface area (Å²) in [5.41, 5.74) is 2.24. The Bertz CT molecular complexity index is 1390. The second-order valence-electron chi connectivity index (χ2n) is 8.40.